The number of carboxylic acids is 1. The molecule has 0 radical (unpaired) electrons. The zero-order valence-electron chi connectivity index (χ0n) is 22.0. The number of ether oxygens (including phenoxy) is 2. The Labute approximate surface area is 224 Å². The number of aliphatic hydroxyl groups is 1. The third-order valence-corrected chi connectivity index (χ3v) is 7.29. The number of nitrogens with zero attached hydrogens (tertiary/aromatic N) is 1. The second-order valence-electron chi connectivity index (χ2n) is 10.3. The van der Waals surface area contributed by atoms with Crippen molar-refractivity contribution in [2.45, 2.75) is 82.9 Å². The molecule has 2 fully saturated rings. The summed E-state index contributed by atoms with van der Waals surface area (Å²) < 4.78 is 12.9. The van der Waals surface area contributed by atoms with Gasteiger partial charge in [-0.2, -0.15) is 0 Å². The van der Waals surface area contributed by atoms with E-state index < -0.39 is 12.3 Å². The lowest BCUT2D eigenvalue weighted by Gasteiger charge is -2.38. The minimum atomic E-state index is -0.901. The summed E-state index contributed by atoms with van der Waals surface area (Å²) in [5.74, 6) is -1.11. The summed E-state index contributed by atoms with van der Waals surface area (Å²) in [6, 6.07) is 15.4. The lowest BCUT2D eigenvalue weighted by Crippen LogP contribution is -2.40. The number of anilines is 1. The van der Waals surface area contributed by atoms with Gasteiger partial charge < -0.3 is 29.9 Å². The second-order valence-corrected chi connectivity index (χ2v) is 10.3. The van der Waals surface area contributed by atoms with E-state index in [2.05, 4.69) is 10.2 Å². The summed E-state index contributed by atoms with van der Waals surface area (Å²) in [5, 5.41) is 21.0. The molecule has 0 aliphatic carbocycles. The van der Waals surface area contributed by atoms with Gasteiger partial charge in [0.05, 0.1) is 18.8 Å². The lowest BCUT2D eigenvalue weighted by molar-refractivity contribution is -0.253. The third-order valence-electron chi connectivity index (χ3n) is 7.29. The molecule has 0 bridgehead atoms. The number of likely N-dealkylation sites (tertiary alicyclic amines) is 1. The van der Waals surface area contributed by atoms with E-state index in [-0.39, 0.29) is 37.6 Å². The van der Waals surface area contributed by atoms with Crippen LogP contribution in [-0.2, 0) is 25.7 Å². The van der Waals surface area contributed by atoms with Crippen LogP contribution in [-0.4, -0.2) is 52.7 Å². The highest BCUT2D eigenvalue weighted by Crippen LogP contribution is 2.38. The van der Waals surface area contributed by atoms with Crippen LogP contribution in [0.5, 0.6) is 0 Å². The summed E-state index contributed by atoms with van der Waals surface area (Å²) in [6.45, 7) is 3.08. The monoisotopic (exact) mass is 524 g/mol. The number of hydrogen-bond donors (Lipinski definition) is 3. The summed E-state index contributed by atoms with van der Waals surface area (Å²) >= 11 is 0. The molecule has 0 spiro atoms. The van der Waals surface area contributed by atoms with Crippen LogP contribution in [0.4, 0.5) is 5.69 Å². The summed E-state index contributed by atoms with van der Waals surface area (Å²) in [7, 11) is 0. The molecule has 2 aromatic carbocycles. The van der Waals surface area contributed by atoms with E-state index in [1.807, 2.05) is 48.5 Å². The molecule has 0 saturated carbocycles. The predicted molar refractivity (Wildman–Crippen MR) is 145 cm³/mol. The van der Waals surface area contributed by atoms with Gasteiger partial charge in [-0.05, 0) is 55.6 Å². The van der Waals surface area contributed by atoms with Gasteiger partial charge in [-0.3, -0.25) is 9.59 Å². The van der Waals surface area contributed by atoms with Gasteiger partial charge in [0, 0.05) is 37.1 Å². The second kappa shape index (κ2) is 14.4. The summed E-state index contributed by atoms with van der Waals surface area (Å²) in [5.41, 5.74) is 3.47. The van der Waals surface area contributed by atoms with E-state index in [0.29, 0.717) is 12.1 Å². The molecule has 8 heteroatoms. The Balaban J connectivity index is 1.43. The largest absolute Gasteiger partial charge is 0.481 e. The third kappa shape index (κ3) is 8.63. The van der Waals surface area contributed by atoms with Crippen molar-refractivity contribution >= 4 is 17.6 Å². The van der Waals surface area contributed by atoms with Gasteiger partial charge in [0.2, 0.25) is 5.91 Å². The van der Waals surface area contributed by atoms with Crippen molar-refractivity contribution in [3.05, 3.63) is 65.2 Å². The SMILES string of the molecule is O=C(O)CCCC(=O)Nc1ccc([C@H]2O[C@@H](CN3CCCCCCC3)C[C@@H](c3ccc(CO)cc3)O2)cc1. The summed E-state index contributed by atoms with van der Waals surface area (Å²) in [6.07, 6.45) is 6.91. The molecule has 0 aromatic heterocycles. The average Bonchev–Trinajstić information content (AvgIpc) is 2.90. The van der Waals surface area contributed by atoms with E-state index in [0.717, 1.165) is 42.7 Å². The van der Waals surface area contributed by atoms with Gasteiger partial charge >= 0.3 is 5.97 Å². The normalized spacial score (nSPS) is 22.8. The standard InChI is InChI=1S/C30H40N2O6/c33-21-22-9-11-23(12-10-22)27-19-26(20-32-17-4-2-1-3-5-18-32)37-30(38-27)24-13-15-25(16-14-24)31-28(34)7-6-8-29(35)36/h9-16,26-27,30,33H,1-8,17-21H2,(H,31,34)(H,35,36)/t26-,27+,30+/m1/s1. The van der Waals surface area contributed by atoms with Crippen molar-refractivity contribution in [1.29, 1.82) is 0 Å². The Bertz CT molecular complexity index is 1020. The maximum Gasteiger partial charge on any atom is 0.303 e. The van der Waals surface area contributed by atoms with Crippen LogP contribution in [0.2, 0.25) is 0 Å². The average molecular weight is 525 g/mol. The van der Waals surface area contributed by atoms with Gasteiger partial charge in [-0.1, -0.05) is 55.7 Å². The van der Waals surface area contributed by atoms with Crippen LogP contribution in [0.3, 0.4) is 0 Å². The fourth-order valence-electron chi connectivity index (χ4n) is 5.16. The maximum absolute atomic E-state index is 12.1. The molecule has 1 amide bonds. The zero-order valence-corrected chi connectivity index (χ0v) is 22.0. The fourth-order valence-corrected chi connectivity index (χ4v) is 5.16. The maximum atomic E-state index is 12.1. The first-order chi connectivity index (χ1) is 18.5. The zero-order chi connectivity index (χ0) is 26.7. The van der Waals surface area contributed by atoms with Crippen LogP contribution >= 0.6 is 0 Å². The number of aliphatic carboxylic acids is 1. The molecule has 0 unspecified atom stereocenters. The van der Waals surface area contributed by atoms with E-state index in [9.17, 15) is 14.7 Å². The van der Waals surface area contributed by atoms with Crippen LogP contribution in [0, 0.1) is 0 Å². The molecule has 38 heavy (non-hydrogen) atoms. The number of hydrogen-bond acceptors (Lipinski definition) is 6. The first-order valence-electron chi connectivity index (χ1n) is 13.8. The number of benzene rings is 2. The minimum absolute atomic E-state index is 0.0115. The van der Waals surface area contributed by atoms with E-state index >= 15 is 0 Å². The molecular formula is C30H40N2O6. The number of carbonyl (C=O) groups is 2. The van der Waals surface area contributed by atoms with Gasteiger partial charge in [0.25, 0.3) is 0 Å². The van der Waals surface area contributed by atoms with Gasteiger partial charge in [-0.25, -0.2) is 0 Å². The van der Waals surface area contributed by atoms with E-state index in [1.54, 1.807) is 0 Å². The number of carboxylic acid groups (broad SMARTS) is 1. The van der Waals surface area contributed by atoms with Crippen molar-refractivity contribution in [1.82, 2.24) is 4.90 Å². The highest BCUT2D eigenvalue weighted by atomic mass is 16.7. The highest BCUT2D eigenvalue weighted by Gasteiger charge is 2.33. The van der Waals surface area contributed by atoms with Crippen molar-refractivity contribution in [2.75, 3.05) is 25.0 Å². The quantitative estimate of drug-likeness (QED) is 0.393. The summed E-state index contributed by atoms with van der Waals surface area (Å²) in [4.78, 5) is 25.3. The van der Waals surface area contributed by atoms with Crippen LogP contribution in [0.1, 0.15) is 86.9 Å². The Kier molecular flexibility index (Phi) is 10.7. The Morgan fingerprint density at radius 2 is 1.53 bits per heavy atom. The number of amides is 1. The van der Waals surface area contributed by atoms with Crippen molar-refractivity contribution in [2.24, 2.45) is 0 Å². The van der Waals surface area contributed by atoms with Crippen molar-refractivity contribution in [3.63, 3.8) is 0 Å². The molecule has 4 rings (SSSR count). The van der Waals surface area contributed by atoms with Crippen molar-refractivity contribution < 1.29 is 29.3 Å². The van der Waals surface area contributed by atoms with E-state index in [4.69, 9.17) is 14.6 Å². The first kappa shape index (κ1) is 28.2. The van der Waals surface area contributed by atoms with E-state index in [1.165, 1.54) is 32.1 Å². The first-order valence-corrected chi connectivity index (χ1v) is 13.8. The Hall–Kier alpha value is -2.78. The number of aliphatic hydroxyl groups excluding tert-OH is 1. The Morgan fingerprint density at radius 1 is 0.868 bits per heavy atom. The smallest absolute Gasteiger partial charge is 0.303 e. The van der Waals surface area contributed by atoms with Gasteiger partial charge in [0.15, 0.2) is 6.29 Å². The molecular weight excluding hydrogens is 484 g/mol. The lowest BCUT2D eigenvalue weighted by atomic mass is 9.99. The van der Waals surface area contributed by atoms with Gasteiger partial charge in [0.1, 0.15) is 0 Å². The van der Waals surface area contributed by atoms with Crippen LogP contribution < -0.4 is 5.32 Å². The molecule has 3 atom stereocenters. The molecule has 2 saturated heterocycles. The van der Waals surface area contributed by atoms with Crippen LogP contribution in [0.25, 0.3) is 0 Å². The molecule has 8 nitrogen and oxygen atoms in total. The number of rotatable bonds is 10. The highest BCUT2D eigenvalue weighted by molar-refractivity contribution is 5.90. The molecule has 2 aromatic rings. The minimum Gasteiger partial charge on any atom is -0.481 e. The van der Waals surface area contributed by atoms with Gasteiger partial charge in [-0.15, -0.1) is 0 Å². The molecule has 2 aliphatic heterocycles. The Morgan fingerprint density at radius 3 is 2.18 bits per heavy atom. The molecule has 3 N–H and O–H groups in total. The van der Waals surface area contributed by atoms with Crippen LogP contribution in [0.15, 0.2) is 48.5 Å². The predicted octanol–water partition coefficient (Wildman–Crippen LogP) is 5.18. The molecule has 2 heterocycles. The number of carbonyl (C=O) groups excluding carboxylic acids is 1. The molecule has 206 valence electrons. The molecule has 2 aliphatic rings. The number of nitrogens with one attached hydrogen (secondary N) is 1. The topological polar surface area (TPSA) is 108 Å². The van der Waals surface area contributed by atoms with Crippen molar-refractivity contribution in [3.8, 4) is 0 Å². The fraction of sp³-hybridized carbons (Fsp3) is 0.533.